The summed E-state index contributed by atoms with van der Waals surface area (Å²) in [6.45, 7) is 1.69. The summed E-state index contributed by atoms with van der Waals surface area (Å²) >= 11 is 3.17. The molecule has 0 radical (unpaired) electrons. The van der Waals surface area contributed by atoms with Gasteiger partial charge in [-0.3, -0.25) is 4.79 Å². The number of carbonyl (C=O) groups excluding carboxylic acids is 1. The number of amides is 1. The van der Waals surface area contributed by atoms with Crippen LogP contribution in [-0.2, 0) is 4.79 Å². The third-order valence-electron chi connectivity index (χ3n) is 1.99. The maximum atomic E-state index is 12.0. The summed E-state index contributed by atoms with van der Waals surface area (Å²) in [7, 11) is 0. The number of anilines is 2. The highest BCUT2D eigenvalue weighted by molar-refractivity contribution is 9.10. The van der Waals surface area contributed by atoms with Gasteiger partial charge < -0.3 is 11.1 Å². The lowest BCUT2D eigenvalue weighted by Gasteiger charge is -2.12. The van der Waals surface area contributed by atoms with Crippen LogP contribution >= 0.6 is 28.3 Å². The van der Waals surface area contributed by atoms with Crippen LogP contribution in [0.5, 0.6) is 0 Å². The SMILES string of the molecule is Cc1cc(Br)cc(NC(=O)CC(F)(F)F)c1N.Cl. The van der Waals surface area contributed by atoms with E-state index >= 15 is 0 Å². The average Bonchev–Trinajstić information content (AvgIpc) is 2.10. The van der Waals surface area contributed by atoms with Crippen molar-refractivity contribution in [3.05, 3.63) is 22.2 Å². The number of rotatable bonds is 2. The van der Waals surface area contributed by atoms with Gasteiger partial charge in [-0.25, -0.2) is 0 Å². The Labute approximate surface area is 116 Å². The summed E-state index contributed by atoms with van der Waals surface area (Å²) < 4.78 is 36.5. The molecule has 3 nitrogen and oxygen atoms in total. The molecule has 1 aromatic rings. The lowest BCUT2D eigenvalue weighted by Crippen LogP contribution is -2.21. The fraction of sp³-hybridized carbons (Fsp3) is 0.300. The van der Waals surface area contributed by atoms with E-state index in [1.807, 2.05) is 0 Å². The second-order valence-corrected chi connectivity index (χ2v) is 4.44. The molecule has 18 heavy (non-hydrogen) atoms. The number of alkyl halides is 3. The van der Waals surface area contributed by atoms with Crippen LogP contribution in [0.3, 0.4) is 0 Å². The molecule has 1 amide bonds. The molecular formula is C10H11BrClF3N2O. The van der Waals surface area contributed by atoms with Crippen molar-refractivity contribution >= 4 is 45.6 Å². The molecule has 0 bridgehead atoms. The summed E-state index contributed by atoms with van der Waals surface area (Å²) in [6.07, 6.45) is -6.06. The second kappa shape index (κ2) is 6.29. The van der Waals surface area contributed by atoms with Crippen LogP contribution < -0.4 is 11.1 Å². The van der Waals surface area contributed by atoms with E-state index in [-0.39, 0.29) is 23.8 Å². The number of hydrogen-bond donors (Lipinski definition) is 2. The second-order valence-electron chi connectivity index (χ2n) is 3.52. The predicted molar refractivity (Wildman–Crippen MR) is 69.8 cm³/mol. The number of nitrogen functional groups attached to an aromatic ring is 1. The van der Waals surface area contributed by atoms with E-state index < -0.39 is 18.5 Å². The van der Waals surface area contributed by atoms with Crippen LogP contribution in [0.15, 0.2) is 16.6 Å². The van der Waals surface area contributed by atoms with Crippen LogP contribution in [0.2, 0.25) is 0 Å². The van der Waals surface area contributed by atoms with Gasteiger partial charge in [-0.15, -0.1) is 12.4 Å². The molecule has 0 heterocycles. The lowest BCUT2D eigenvalue weighted by molar-refractivity contribution is -0.150. The van der Waals surface area contributed by atoms with Crippen molar-refractivity contribution in [2.75, 3.05) is 11.1 Å². The highest BCUT2D eigenvalue weighted by Gasteiger charge is 2.31. The normalized spacial score (nSPS) is 10.7. The maximum absolute atomic E-state index is 12.0. The summed E-state index contributed by atoms with van der Waals surface area (Å²) in [6, 6.07) is 3.16. The summed E-state index contributed by atoms with van der Waals surface area (Å²) in [5.41, 5.74) is 6.74. The third kappa shape index (κ3) is 5.14. The van der Waals surface area contributed by atoms with Gasteiger partial charge in [0.05, 0.1) is 11.4 Å². The quantitative estimate of drug-likeness (QED) is 0.802. The summed E-state index contributed by atoms with van der Waals surface area (Å²) in [4.78, 5) is 11.1. The van der Waals surface area contributed by atoms with Crippen LogP contribution in [-0.4, -0.2) is 12.1 Å². The smallest absolute Gasteiger partial charge is 0.397 e. The fourth-order valence-corrected chi connectivity index (χ4v) is 1.81. The van der Waals surface area contributed by atoms with Gasteiger partial charge in [0.25, 0.3) is 0 Å². The number of hydrogen-bond acceptors (Lipinski definition) is 2. The molecule has 0 spiro atoms. The van der Waals surface area contributed by atoms with Crippen molar-refractivity contribution in [2.45, 2.75) is 19.5 Å². The van der Waals surface area contributed by atoms with Gasteiger partial charge in [0.15, 0.2) is 0 Å². The van der Waals surface area contributed by atoms with E-state index in [1.165, 1.54) is 6.07 Å². The standard InChI is InChI=1S/C10H10BrF3N2O.ClH/c1-5-2-6(11)3-7(9(5)15)16-8(17)4-10(12,13)14;/h2-3H,4,15H2,1H3,(H,16,17);1H. The highest BCUT2D eigenvalue weighted by atomic mass is 79.9. The van der Waals surface area contributed by atoms with E-state index in [0.717, 1.165) is 0 Å². The minimum absolute atomic E-state index is 0. The maximum Gasteiger partial charge on any atom is 0.397 e. The van der Waals surface area contributed by atoms with E-state index in [9.17, 15) is 18.0 Å². The molecule has 0 fully saturated rings. The zero-order valence-electron chi connectivity index (χ0n) is 9.27. The lowest BCUT2D eigenvalue weighted by atomic mass is 10.1. The van der Waals surface area contributed by atoms with Crippen molar-refractivity contribution in [1.29, 1.82) is 0 Å². The minimum Gasteiger partial charge on any atom is -0.397 e. The molecule has 1 aromatic carbocycles. The summed E-state index contributed by atoms with van der Waals surface area (Å²) in [5, 5.41) is 2.13. The molecule has 8 heteroatoms. The Morgan fingerprint density at radius 3 is 2.50 bits per heavy atom. The van der Waals surface area contributed by atoms with Gasteiger partial charge in [-0.2, -0.15) is 13.2 Å². The number of nitrogens with two attached hydrogens (primary N) is 1. The largest absolute Gasteiger partial charge is 0.397 e. The Morgan fingerprint density at radius 2 is 2.00 bits per heavy atom. The number of halogens is 5. The first kappa shape index (κ1) is 17.1. The Hall–Kier alpha value is -0.950. The molecule has 0 aliphatic heterocycles. The highest BCUT2D eigenvalue weighted by Crippen LogP contribution is 2.28. The molecule has 0 aliphatic rings. The summed E-state index contributed by atoms with van der Waals surface area (Å²) in [5.74, 6) is -1.14. The predicted octanol–water partition coefficient (Wildman–Crippen LogP) is 3.65. The van der Waals surface area contributed by atoms with Gasteiger partial charge in [0.2, 0.25) is 5.91 Å². The van der Waals surface area contributed by atoms with Crippen molar-refractivity contribution < 1.29 is 18.0 Å². The van der Waals surface area contributed by atoms with E-state index in [4.69, 9.17) is 5.73 Å². The van der Waals surface area contributed by atoms with Crippen molar-refractivity contribution in [3.63, 3.8) is 0 Å². The molecule has 0 atom stereocenters. The molecule has 0 saturated carbocycles. The molecule has 102 valence electrons. The van der Waals surface area contributed by atoms with Gasteiger partial charge in [0, 0.05) is 4.47 Å². The molecule has 0 unspecified atom stereocenters. The van der Waals surface area contributed by atoms with Gasteiger partial charge >= 0.3 is 6.18 Å². The minimum atomic E-state index is -4.53. The van der Waals surface area contributed by atoms with Crippen molar-refractivity contribution in [3.8, 4) is 0 Å². The molecule has 3 N–H and O–H groups in total. The van der Waals surface area contributed by atoms with Gasteiger partial charge in [-0.1, -0.05) is 15.9 Å². The Balaban J connectivity index is 0.00000289. The fourth-order valence-electron chi connectivity index (χ4n) is 1.23. The van der Waals surface area contributed by atoms with Gasteiger partial charge in [0.1, 0.15) is 6.42 Å². The van der Waals surface area contributed by atoms with E-state index in [0.29, 0.717) is 10.0 Å². The Bertz CT molecular complexity index is 451. The zero-order valence-corrected chi connectivity index (χ0v) is 11.7. The zero-order chi connectivity index (χ0) is 13.2. The Morgan fingerprint density at radius 1 is 1.44 bits per heavy atom. The average molecular weight is 348 g/mol. The first-order chi connectivity index (χ1) is 7.69. The van der Waals surface area contributed by atoms with Gasteiger partial charge in [-0.05, 0) is 24.6 Å². The number of aryl methyl sites for hydroxylation is 1. The third-order valence-corrected chi connectivity index (χ3v) is 2.44. The molecule has 0 aromatic heterocycles. The van der Waals surface area contributed by atoms with Crippen molar-refractivity contribution in [1.82, 2.24) is 0 Å². The molecule has 0 saturated heterocycles. The first-order valence-electron chi connectivity index (χ1n) is 4.61. The molecule has 0 aliphatic carbocycles. The first-order valence-corrected chi connectivity index (χ1v) is 5.40. The Kier molecular flexibility index (Phi) is 5.95. The van der Waals surface area contributed by atoms with E-state index in [2.05, 4.69) is 21.2 Å². The van der Waals surface area contributed by atoms with E-state index in [1.54, 1.807) is 13.0 Å². The number of benzene rings is 1. The molecular weight excluding hydrogens is 336 g/mol. The molecule has 1 rings (SSSR count). The van der Waals surface area contributed by atoms with Crippen LogP contribution in [0.25, 0.3) is 0 Å². The topological polar surface area (TPSA) is 55.1 Å². The van der Waals surface area contributed by atoms with Crippen LogP contribution in [0.1, 0.15) is 12.0 Å². The number of nitrogens with one attached hydrogen (secondary N) is 1. The number of carbonyl (C=O) groups is 1. The van der Waals surface area contributed by atoms with Crippen LogP contribution in [0, 0.1) is 6.92 Å². The van der Waals surface area contributed by atoms with Crippen molar-refractivity contribution in [2.24, 2.45) is 0 Å². The monoisotopic (exact) mass is 346 g/mol. The van der Waals surface area contributed by atoms with Crippen LogP contribution in [0.4, 0.5) is 24.5 Å².